The molecule has 110 valence electrons. The Labute approximate surface area is 129 Å². The lowest BCUT2D eigenvalue weighted by Crippen LogP contribution is -2.30. The molecule has 21 heavy (non-hydrogen) atoms. The normalized spacial score (nSPS) is 18.2. The molecule has 3 rings (SSSR count). The molecule has 1 aliphatic heterocycles. The number of anilines is 1. The molecule has 0 radical (unpaired) electrons. The fourth-order valence-corrected chi connectivity index (χ4v) is 3.91. The molecule has 4 heteroatoms. The largest absolute Gasteiger partial charge is 0.398 e. The van der Waals surface area contributed by atoms with Gasteiger partial charge in [-0.1, -0.05) is 12.1 Å². The number of likely N-dealkylation sites (tertiary alicyclic amines) is 1. The maximum atomic E-state index is 12.9. The van der Waals surface area contributed by atoms with Crippen molar-refractivity contribution in [2.45, 2.75) is 32.7 Å². The second-order valence-corrected chi connectivity index (χ2v) is 6.67. The molecule has 3 nitrogen and oxygen atoms in total. The molecular weight excluding hydrogens is 280 g/mol. The third kappa shape index (κ3) is 2.56. The number of nitrogen functional groups attached to an aromatic ring is 1. The summed E-state index contributed by atoms with van der Waals surface area (Å²) in [6.07, 6.45) is 2.11. The fraction of sp³-hybridized carbons (Fsp3) is 0.353. The van der Waals surface area contributed by atoms with Gasteiger partial charge in [-0.3, -0.25) is 4.79 Å². The maximum Gasteiger partial charge on any atom is 0.254 e. The van der Waals surface area contributed by atoms with Crippen LogP contribution in [0.1, 0.15) is 45.2 Å². The molecular formula is C17H20N2OS. The Balaban J connectivity index is 1.93. The van der Waals surface area contributed by atoms with Crippen LogP contribution in [0, 0.1) is 13.8 Å². The average Bonchev–Trinajstić information content (AvgIpc) is 3.11. The van der Waals surface area contributed by atoms with E-state index in [1.54, 1.807) is 11.3 Å². The van der Waals surface area contributed by atoms with Crippen molar-refractivity contribution in [3.63, 3.8) is 0 Å². The van der Waals surface area contributed by atoms with Crippen molar-refractivity contribution in [2.24, 2.45) is 0 Å². The van der Waals surface area contributed by atoms with E-state index >= 15 is 0 Å². The van der Waals surface area contributed by atoms with E-state index in [9.17, 15) is 4.79 Å². The molecule has 2 heterocycles. The summed E-state index contributed by atoms with van der Waals surface area (Å²) >= 11 is 1.73. The van der Waals surface area contributed by atoms with E-state index in [2.05, 4.69) is 17.5 Å². The number of hydrogen-bond donors (Lipinski definition) is 1. The van der Waals surface area contributed by atoms with Gasteiger partial charge in [-0.05, 0) is 55.3 Å². The van der Waals surface area contributed by atoms with Crippen molar-refractivity contribution in [3.8, 4) is 0 Å². The van der Waals surface area contributed by atoms with Gasteiger partial charge < -0.3 is 10.6 Å². The van der Waals surface area contributed by atoms with Gasteiger partial charge in [-0.25, -0.2) is 0 Å². The van der Waals surface area contributed by atoms with E-state index in [-0.39, 0.29) is 11.9 Å². The van der Waals surface area contributed by atoms with Crippen LogP contribution in [-0.4, -0.2) is 17.4 Å². The summed E-state index contributed by atoms with van der Waals surface area (Å²) < 4.78 is 0. The van der Waals surface area contributed by atoms with Gasteiger partial charge in [0.25, 0.3) is 5.91 Å². The minimum atomic E-state index is 0.107. The topological polar surface area (TPSA) is 46.3 Å². The van der Waals surface area contributed by atoms with Gasteiger partial charge in [0.2, 0.25) is 0 Å². The van der Waals surface area contributed by atoms with Crippen LogP contribution in [0.25, 0.3) is 0 Å². The Kier molecular flexibility index (Phi) is 3.72. The molecule has 0 bridgehead atoms. The van der Waals surface area contributed by atoms with Crippen molar-refractivity contribution < 1.29 is 4.79 Å². The summed E-state index contributed by atoms with van der Waals surface area (Å²) in [6.45, 7) is 4.78. The lowest BCUT2D eigenvalue weighted by molar-refractivity contribution is 0.0737. The monoisotopic (exact) mass is 300 g/mol. The van der Waals surface area contributed by atoms with Crippen molar-refractivity contribution in [3.05, 3.63) is 51.2 Å². The second-order valence-electron chi connectivity index (χ2n) is 5.70. The molecule has 1 saturated heterocycles. The minimum absolute atomic E-state index is 0.107. The van der Waals surface area contributed by atoms with E-state index in [4.69, 9.17) is 5.73 Å². The first kappa shape index (κ1) is 14.1. The van der Waals surface area contributed by atoms with E-state index < -0.39 is 0 Å². The Bertz CT molecular complexity index is 664. The SMILES string of the molecule is Cc1cc(C)c(C(=O)N2CCCC2c2cccs2)cc1N. The Hall–Kier alpha value is -1.81. The lowest BCUT2D eigenvalue weighted by Gasteiger charge is -2.25. The van der Waals surface area contributed by atoms with Crippen LogP contribution in [0.5, 0.6) is 0 Å². The summed E-state index contributed by atoms with van der Waals surface area (Å²) in [6, 6.07) is 8.22. The number of benzene rings is 1. The lowest BCUT2D eigenvalue weighted by atomic mass is 10.0. The molecule has 1 fully saturated rings. The van der Waals surface area contributed by atoms with Gasteiger partial charge >= 0.3 is 0 Å². The van der Waals surface area contributed by atoms with Gasteiger partial charge in [0.05, 0.1) is 6.04 Å². The van der Waals surface area contributed by atoms with Gasteiger partial charge in [0.1, 0.15) is 0 Å². The first-order valence-corrected chi connectivity index (χ1v) is 8.17. The predicted molar refractivity (Wildman–Crippen MR) is 87.7 cm³/mol. The zero-order valence-corrected chi connectivity index (χ0v) is 13.2. The molecule has 2 N–H and O–H groups in total. The number of amides is 1. The van der Waals surface area contributed by atoms with Gasteiger partial charge in [0.15, 0.2) is 0 Å². The van der Waals surface area contributed by atoms with Gasteiger partial charge in [-0.2, -0.15) is 0 Å². The smallest absolute Gasteiger partial charge is 0.254 e. The molecule has 1 atom stereocenters. The summed E-state index contributed by atoms with van der Waals surface area (Å²) in [7, 11) is 0. The van der Waals surface area contributed by atoms with E-state index in [1.165, 1.54) is 4.88 Å². The van der Waals surface area contributed by atoms with Crippen LogP contribution in [0.3, 0.4) is 0 Å². The molecule has 0 saturated carbocycles. The number of rotatable bonds is 2. The first-order chi connectivity index (χ1) is 10.1. The van der Waals surface area contributed by atoms with Crippen LogP contribution in [0.4, 0.5) is 5.69 Å². The van der Waals surface area contributed by atoms with Crippen molar-refractivity contribution in [2.75, 3.05) is 12.3 Å². The van der Waals surface area contributed by atoms with Crippen LogP contribution >= 0.6 is 11.3 Å². The highest BCUT2D eigenvalue weighted by Gasteiger charge is 2.31. The molecule has 0 aliphatic carbocycles. The number of thiophene rings is 1. The Morgan fingerprint density at radius 3 is 2.86 bits per heavy atom. The number of aryl methyl sites for hydroxylation is 2. The van der Waals surface area contributed by atoms with Crippen molar-refractivity contribution in [1.82, 2.24) is 4.90 Å². The molecule has 1 aromatic carbocycles. The van der Waals surface area contributed by atoms with E-state index in [0.717, 1.165) is 36.1 Å². The minimum Gasteiger partial charge on any atom is -0.398 e. The maximum absolute atomic E-state index is 12.9. The van der Waals surface area contributed by atoms with Crippen LogP contribution in [0.2, 0.25) is 0 Å². The molecule has 0 spiro atoms. The zero-order valence-electron chi connectivity index (χ0n) is 12.4. The third-order valence-corrected chi connectivity index (χ3v) is 5.20. The number of carbonyl (C=O) groups is 1. The fourth-order valence-electron chi connectivity index (χ4n) is 3.04. The number of hydrogen-bond acceptors (Lipinski definition) is 3. The van der Waals surface area contributed by atoms with Gasteiger partial charge in [0, 0.05) is 22.7 Å². The standard InChI is InChI=1S/C17H20N2OS/c1-11-9-12(2)14(18)10-13(11)17(20)19-7-3-5-15(19)16-6-4-8-21-16/h4,6,8-10,15H,3,5,7,18H2,1-2H3. The second kappa shape index (κ2) is 5.53. The van der Waals surface area contributed by atoms with Crippen LogP contribution < -0.4 is 5.73 Å². The number of nitrogens with zero attached hydrogens (tertiary/aromatic N) is 1. The Morgan fingerprint density at radius 2 is 2.14 bits per heavy atom. The molecule has 1 unspecified atom stereocenters. The van der Waals surface area contributed by atoms with Crippen LogP contribution in [-0.2, 0) is 0 Å². The summed E-state index contributed by atoms with van der Waals surface area (Å²) in [4.78, 5) is 16.2. The quantitative estimate of drug-likeness (QED) is 0.854. The van der Waals surface area contributed by atoms with Crippen molar-refractivity contribution in [1.29, 1.82) is 0 Å². The first-order valence-electron chi connectivity index (χ1n) is 7.29. The van der Waals surface area contributed by atoms with E-state index in [1.807, 2.05) is 30.9 Å². The van der Waals surface area contributed by atoms with E-state index in [0.29, 0.717) is 5.69 Å². The third-order valence-electron chi connectivity index (χ3n) is 4.23. The summed E-state index contributed by atoms with van der Waals surface area (Å²) in [5.41, 5.74) is 9.45. The molecule has 1 aromatic heterocycles. The summed E-state index contributed by atoms with van der Waals surface area (Å²) in [5, 5.41) is 2.07. The molecule has 1 aliphatic rings. The zero-order chi connectivity index (χ0) is 15.0. The Morgan fingerprint density at radius 1 is 1.33 bits per heavy atom. The number of carbonyl (C=O) groups excluding carboxylic acids is 1. The van der Waals surface area contributed by atoms with Crippen molar-refractivity contribution >= 4 is 22.9 Å². The number of nitrogens with two attached hydrogens (primary N) is 1. The van der Waals surface area contributed by atoms with Gasteiger partial charge in [-0.15, -0.1) is 11.3 Å². The molecule has 1 amide bonds. The molecule has 2 aromatic rings. The highest BCUT2D eigenvalue weighted by Crippen LogP contribution is 2.36. The van der Waals surface area contributed by atoms with Crippen LogP contribution in [0.15, 0.2) is 29.6 Å². The highest BCUT2D eigenvalue weighted by molar-refractivity contribution is 7.10. The average molecular weight is 300 g/mol. The highest BCUT2D eigenvalue weighted by atomic mass is 32.1. The summed E-state index contributed by atoms with van der Waals surface area (Å²) in [5.74, 6) is 0.107. The predicted octanol–water partition coefficient (Wildman–Crippen LogP) is 3.92.